The van der Waals surface area contributed by atoms with E-state index in [2.05, 4.69) is 41.2 Å². The lowest BCUT2D eigenvalue weighted by atomic mass is 10.2. The lowest BCUT2D eigenvalue weighted by Gasteiger charge is -2.12. The first kappa shape index (κ1) is 16.3. The van der Waals surface area contributed by atoms with Crippen LogP contribution in [0.3, 0.4) is 0 Å². The van der Waals surface area contributed by atoms with Crippen molar-refractivity contribution >= 4 is 27.5 Å². The number of benzene rings is 2. The fraction of sp³-hybridized carbons (Fsp3) is 0.294. The van der Waals surface area contributed by atoms with E-state index in [-0.39, 0.29) is 0 Å². The molecule has 0 amide bonds. The Balaban J connectivity index is 1.99. The van der Waals surface area contributed by atoms with Gasteiger partial charge in [0, 0.05) is 22.1 Å². The topological polar surface area (TPSA) is 21.3 Å². The lowest BCUT2D eigenvalue weighted by Crippen LogP contribution is -2.22. The molecule has 0 spiro atoms. The van der Waals surface area contributed by atoms with Gasteiger partial charge in [0.1, 0.15) is 12.4 Å². The molecule has 0 saturated heterocycles. The van der Waals surface area contributed by atoms with Crippen LogP contribution in [0.5, 0.6) is 5.75 Å². The first-order valence-corrected chi connectivity index (χ1v) is 8.11. The molecule has 1 N–H and O–H groups in total. The summed E-state index contributed by atoms with van der Waals surface area (Å²) in [7, 11) is 0. The highest BCUT2D eigenvalue weighted by atomic mass is 79.9. The Kier molecular flexibility index (Phi) is 6.09. The fourth-order valence-electron chi connectivity index (χ4n) is 1.84. The van der Waals surface area contributed by atoms with Gasteiger partial charge in [-0.15, -0.1) is 0 Å². The molecule has 2 rings (SSSR count). The zero-order chi connectivity index (χ0) is 15.2. The summed E-state index contributed by atoms with van der Waals surface area (Å²) >= 11 is 9.45. The Labute approximate surface area is 139 Å². The third-order valence-electron chi connectivity index (χ3n) is 3.04. The Bertz CT molecular complexity index is 584. The van der Waals surface area contributed by atoms with E-state index >= 15 is 0 Å². The molecule has 0 heterocycles. The Morgan fingerprint density at radius 1 is 1.14 bits per heavy atom. The number of halogens is 2. The molecule has 0 fully saturated rings. The highest BCUT2D eigenvalue weighted by Crippen LogP contribution is 2.23. The van der Waals surface area contributed by atoms with Crippen LogP contribution < -0.4 is 10.1 Å². The molecule has 2 nitrogen and oxygen atoms in total. The maximum Gasteiger partial charge on any atom is 0.120 e. The van der Waals surface area contributed by atoms with Gasteiger partial charge in [0.2, 0.25) is 0 Å². The van der Waals surface area contributed by atoms with E-state index in [4.69, 9.17) is 16.3 Å². The van der Waals surface area contributed by atoms with Crippen LogP contribution in [0.25, 0.3) is 0 Å². The van der Waals surface area contributed by atoms with Crippen LogP contribution >= 0.6 is 27.5 Å². The predicted molar refractivity (Wildman–Crippen MR) is 91.9 cm³/mol. The molecule has 0 atom stereocenters. The second-order valence-corrected chi connectivity index (χ2v) is 6.49. The van der Waals surface area contributed by atoms with E-state index in [1.54, 1.807) is 0 Å². The maximum absolute atomic E-state index is 5.87. The van der Waals surface area contributed by atoms with Crippen molar-refractivity contribution in [1.82, 2.24) is 5.32 Å². The van der Waals surface area contributed by atoms with Gasteiger partial charge >= 0.3 is 0 Å². The van der Waals surface area contributed by atoms with Crippen LogP contribution in [-0.2, 0) is 13.2 Å². The Hall–Kier alpha value is -1.03. The van der Waals surface area contributed by atoms with Crippen LogP contribution in [0.4, 0.5) is 0 Å². The van der Waals surface area contributed by atoms with Crippen molar-refractivity contribution in [3.8, 4) is 5.75 Å². The van der Waals surface area contributed by atoms with Crippen LogP contribution in [0.15, 0.2) is 46.9 Å². The van der Waals surface area contributed by atoms with E-state index < -0.39 is 0 Å². The van der Waals surface area contributed by atoms with Crippen molar-refractivity contribution in [2.75, 3.05) is 0 Å². The minimum Gasteiger partial charge on any atom is -0.489 e. The zero-order valence-corrected chi connectivity index (χ0v) is 14.5. The van der Waals surface area contributed by atoms with Crippen LogP contribution in [0.1, 0.15) is 25.0 Å². The molecule has 0 aliphatic carbocycles. The largest absolute Gasteiger partial charge is 0.489 e. The number of rotatable bonds is 6. The normalized spacial score (nSPS) is 10.9. The summed E-state index contributed by atoms with van der Waals surface area (Å²) < 4.78 is 6.93. The second-order valence-electron chi connectivity index (χ2n) is 5.20. The SMILES string of the molecule is CC(C)NCc1cc(OCc2ccc(Cl)cc2)ccc1Br. The minimum absolute atomic E-state index is 0.454. The van der Waals surface area contributed by atoms with Crippen molar-refractivity contribution in [3.63, 3.8) is 0 Å². The van der Waals surface area contributed by atoms with E-state index in [0.717, 1.165) is 27.4 Å². The molecule has 112 valence electrons. The van der Waals surface area contributed by atoms with Gasteiger partial charge < -0.3 is 10.1 Å². The summed E-state index contributed by atoms with van der Waals surface area (Å²) in [5.74, 6) is 0.869. The quantitative estimate of drug-likeness (QED) is 0.758. The summed E-state index contributed by atoms with van der Waals surface area (Å²) in [5.41, 5.74) is 2.29. The van der Waals surface area contributed by atoms with Gasteiger partial charge in [0.15, 0.2) is 0 Å². The van der Waals surface area contributed by atoms with Crippen molar-refractivity contribution in [2.45, 2.75) is 33.0 Å². The van der Waals surface area contributed by atoms with Gasteiger partial charge in [-0.25, -0.2) is 0 Å². The molecule has 0 bridgehead atoms. The Morgan fingerprint density at radius 3 is 2.52 bits per heavy atom. The third kappa shape index (κ3) is 5.34. The molecule has 0 radical (unpaired) electrons. The average Bonchev–Trinajstić information content (AvgIpc) is 2.46. The van der Waals surface area contributed by atoms with Crippen molar-refractivity contribution in [2.24, 2.45) is 0 Å². The monoisotopic (exact) mass is 367 g/mol. The number of hydrogen-bond acceptors (Lipinski definition) is 2. The van der Waals surface area contributed by atoms with Crippen LogP contribution in [-0.4, -0.2) is 6.04 Å². The van der Waals surface area contributed by atoms with Gasteiger partial charge in [-0.05, 0) is 41.5 Å². The van der Waals surface area contributed by atoms with Crippen molar-refractivity contribution in [1.29, 1.82) is 0 Å². The van der Waals surface area contributed by atoms with Gasteiger partial charge in [0.25, 0.3) is 0 Å². The molecule has 2 aromatic carbocycles. The van der Waals surface area contributed by atoms with E-state index in [0.29, 0.717) is 12.6 Å². The summed E-state index contributed by atoms with van der Waals surface area (Å²) in [6.07, 6.45) is 0. The van der Waals surface area contributed by atoms with Gasteiger partial charge in [-0.1, -0.05) is 53.5 Å². The molecule has 0 unspecified atom stereocenters. The standard InChI is InChI=1S/C17H19BrClNO/c1-12(2)20-10-14-9-16(7-8-17(14)18)21-11-13-3-5-15(19)6-4-13/h3-9,12,20H,10-11H2,1-2H3. The first-order chi connectivity index (χ1) is 10.0. The molecule has 4 heteroatoms. The van der Waals surface area contributed by atoms with E-state index in [1.807, 2.05) is 36.4 Å². The molecule has 21 heavy (non-hydrogen) atoms. The fourth-order valence-corrected chi connectivity index (χ4v) is 2.35. The molecule has 0 aliphatic rings. The highest BCUT2D eigenvalue weighted by Gasteiger charge is 2.04. The van der Waals surface area contributed by atoms with Crippen LogP contribution in [0, 0.1) is 0 Å². The average molecular weight is 369 g/mol. The lowest BCUT2D eigenvalue weighted by molar-refractivity contribution is 0.305. The first-order valence-electron chi connectivity index (χ1n) is 6.93. The summed E-state index contributed by atoms with van der Waals surface area (Å²) in [6, 6.07) is 14.2. The van der Waals surface area contributed by atoms with E-state index in [9.17, 15) is 0 Å². The summed E-state index contributed by atoms with van der Waals surface area (Å²) in [4.78, 5) is 0. The number of nitrogens with one attached hydrogen (secondary N) is 1. The van der Waals surface area contributed by atoms with Gasteiger partial charge in [-0.2, -0.15) is 0 Å². The zero-order valence-electron chi connectivity index (χ0n) is 12.2. The van der Waals surface area contributed by atoms with Gasteiger partial charge in [-0.3, -0.25) is 0 Å². The molecular weight excluding hydrogens is 350 g/mol. The predicted octanol–water partition coefficient (Wildman–Crippen LogP) is 5.18. The number of hydrogen-bond donors (Lipinski definition) is 1. The van der Waals surface area contributed by atoms with Crippen molar-refractivity contribution in [3.05, 3.63) is 63.1 Å². The minimum atomic E-state index is 0.454. The van der Waals surface area contributed by atoms with E-state index in [1.165, 1.54) is 5.56 Å². The molecule has 0 aromatic heterocycles. The van der Waals surface area contributed by atoms with Crippen molar-refractivity contribution < 1.29 is 4.74 Å². The molecule has 0 aliphatic heterocycles. The Morgan fingerprint density at radius 2 is 1.86 bits per heavy atom. The third-order valence-corrected chi connectivity index (χ3v) is 4.06. The summed E-state index contributed by atoms with van der Waals surface area (Å²) in [5, 5.41) is 4.15. The molecule has 2 aromatic rings. The molecule has 0 saturated carbocycles. The second kappa shape index (κ2) is 7.83. The summed E-state index contributed by atoms with van der Waals surface area (Å²) in [6.45, 7) is 5.62. The highest BCUT2D eigenvalue weighted by molar-refractivity contribution is 9.10. The van der Waals surface area contributed by atoms with Crippen LogP contribution in [0.2, 0.25) is 5.02 Å². The smallest absolute Gasteiger partial charge is 0.120 e. The van der Waals surface area contributed by atoms with Gasteiger partial charge in [0.05, 0.1) is 0 Å². The number of ether oxygens (including phenoxy) is 1. The maximum atomic E-state index is 5.87. The molecular formula is C17H19BrClNO.